The maximum atomic E-state index is 11.6. The fourth-order valence-electron chi connectivity index (χ4n) is 1.84. The fourth-order valence-corrected chi connectivity index (χ4v) is 1.84. The van der Waals surface area contributed by atoms with Gasteiger partial charge < -0.3 is 10.5 Å². The van der Waals surface area contributed by atoms with E-state index in [1.807, 2.05) is 39.0 Å². The number of hydrogen-bond acceptors (Lipinski definition) is 3. The molecular formula is C16H25NO2. The highest BCUT2D eigenvalue weighted by Crippen LogP contribution is 2.11. The quantitative estimate of drug-likeness (QED) is 0.802. The predicted molar refractivity (Wildman–Crippen MR) is 77.8 cm³/mol. The number of carbonyl (C=O) groups is 1. The molecule has 3 heteroatoms. The molecule has 3 nitrogen and oxygen atoms in total. The standard InChI is InChI=1S/C16H25NO2/c1-16(2,3)19-15(18)12-11-14(17)10-9-13-7-5-4-6-8-13/h4-8,14H,9-12,17H2,1-3H3. The van der Waals surface area contributed by atoms with Crippen molar-refractivity contribution in [1.82, 2.24) is 0 Å². The van der Waals surface area contributed by atoms with Crippen molar-refractivity contribution in [3.8, 4) is 0 Å². The van der Waals surface area contributed by atoms with Gasteiger partial charge in [-0.3, -0.25) is 4.79 Å². The van der Waals surface area contributed by atoms with E-state index in [0.29, 0.717) is 12.8 Å². The van der Waals surface area contributed by atoms with Gasteiger partial charge in [-0.1, -0.05) is 30.3 Å². The summed E-state index contributed by atoms with van der Waals surface area (Å²) in [5.74, 6) is -0.164. The Morgan fingerprint density at radius 1 is 1.21 bits per heavy atom. The molecule has 0 aromatic heterocycles. The first-order chi connectivity index (χ1) is 8.87. The topological polar surface area (TPSA) is 52.3 Å². The minimum Gasteiger partial charge on any atom is -0.460 e. The molecule has 0 amide bonds. The second kappa shape index (κ2) is 7.29. The van der Waals surface area contributed by atoms with E-state index in [4.69, 9.17) is 10.5 Å². The van der Waals surface area contributed by atoms with E-state index in [9.17, 15) is 4.79 Å². The Morgan fingerprint density at radius 3 is 2.42 bits per heavy atom. The van der Waals surface area contributed by atoms with Crippen molar-refractivity contribution >= 4 is 5.97 Å². The van der Waals surface area contributed by atoms with Gasteiger partial charge in [0.15, 0.2) is 0 Å². The smallest absolute Gasteiger partial charge is 0.306 e. The normalized spacial score (nSPS) is 13.1. The predicted octanol–water partition coefficient (Wildman–Crippen LogP) is 3.07. The van der Waals surface area contributed by atoms with Crippen LogP contribution in [0.25, 0.3) is 0 Å². The Balaban J connectivity index is 2.21. The average Bonchev–Trinajstić information content (AvgIpc) is 2.33. The molecule has 1 aromatic carbocycles. The highest BCUT2D eigenvalue weighted by molar-refractivity contribution is 5.69. The van der Waals surface area contributed by atoms with Crippen LogP contribution in [0.5, 0.6) is 0 Å². The van der Waals surface area contributed by atoms with Crippen LogP contribution in [0.3, 0.4) is 0 Å². The molecule has 106 valence electrons. The van der Waals surface area contributed by atoms with Crippen LogP contribution >= 0.6 is 0 Å². The lowest BCUT2D eigenvalue weighted by Crippen LogP contribution is -2.26. The Bertz CT molecular complexity index is 381. The highest BCUT2D eigenvalue weighted by atomic mass is 16.6. The second-order valence-electron chi connectivity index (χ2n) is 5.91. The first-order valence-electron chi connectivity index (χ1n) is 6.88. The summed E-state index contributed by atoms with van der Waals surface area (Å²) in [6, 6.07) is 10.3. The van der Waals surface area contributed by atoms with E-state index in [1.165, 1.54) is 5.56 Å². The summed E-state index contributed by atoms with van der Waals surface area (Å²) in [5, 5.41) is 0. The molecule has 1 atom stereocenters. The second-order valence-corrected chi connectivity index (χ2v) is 5.91. The van der Waals surface area contributed by atoms with E-state index in [-0.39, 0.29) is 12.0 Å². The van der Waals surface area contributed by atoms with Crippen LogP contribution in [0.1, 0.15) is 45.6 Å². The number of benzene rings is 1. The molecule has 0 saturated heterocycles. The molecule has 0 aliphatic carbocycles. The van der Waals surface area contributed by atoms with E-state index >= 15 is 0 Å². The van der Waals surface area contributed by atoms with E-state index in [2.05, 4.69) is 12.1 Å². The first-order valence-corrected chi connectivity index (χ1v) is 6.88. The van der Waals surface area contributed by atoms with Gasteiger partial charge in [-0.25, -0.2) is 0 Å². The van der Waals surface area contributed by atoms with Crippen LogP contribution in [0, 0.1) is 0 Å². The van der Waals surface area contributed by atoms with Crippen molar-refractivity contribution in [2.75, 3.05) is 0 Å². The molecule has 0 bridgehead atoms. The zero-order valence-corrected chi connectivity index (χ0v) is 12.2. The number of hydrogen-bond donors (Lipinski definition) is 1. The average molecular weight is 263 g/mol. The van der Waals surface area contributed by atoms with Crippen LogP contribution in [0.4, 0.5) is 0 Å². The first kappa shape index (κ1) is 15.7. The minimum absolute atomic E-state index is 0.0488. The summed E-state index contributed by atoms with van der Waals surface area (Å²) in [4.78, 5) is 11.6. The van der Waals surface area contributed by atoms with Gasteiger partial charge in [-0.15, -0.1) is 0 Å². The van der Waals surface area contributed by atoms with Crippen LogP contribution in [0.15, 0.2) is 30.3 Å². The molecule has 19 heavy (non-hydrogen) atoms. The Morgan fingerprint density at radius 2 is 1.84 bits per heavy atom. The Hall–Kier alpha value is -1.35. The summed E-state index contributed by atoms with van der Waals surface area (Å²) in [6.07, 6.45) is 2.93. The molecule has 1 aromatic rings. The molecule has 1 unspecified atom stereocenters. The van der Waals surface area contributed by atoms with Crippen LogP contribution in [-0.2, 0) is 16.0 Å². The maximum Gasteiger partial charge on any atom is 0.306 e. The lowest BCUT2D eigenvalue weighted by molar-refractivity contribution is -0.155. The third-order valence-electron chi connectivity index (χ3n) is 2.79. The van der Waals surface area contributed by atoms with Crippen molar-refractivity contribution < 1.29 is 9.53 Å². The number of rotatable bonds is 6. The van der Waals surface area contributed by atoms with E-state index in [0.717, 1.165) is 12.8 Å². The van der Waals surface area contributed by atoms with Gasteiger partial charge in [0.05, 0.1) is 0 Å². The number of esters is 1. The van der Waals surface area contributed by atoms with Crippen molar-refractivity contribution in [2.24, 2.45) is 5.73 Å². The SMILES string of the molecule is CC(C)(C)OC(=O)CCC(N)CCc1ccccc1. The number of ether oxygens (including phenoxy) is 1. The van der Waals surface area contributed by atoms with Crippen LogP contribution in [-0.4, -0.2) is 17.6 Å². The molecule has 0 fully saturated rings. The molecule has 0 spiro atoms. The van der Waals surface area contributed by atoms with Crippen molar-refractivity contribution in [3.63, 3.8) is 0 Å². The number of nitrogens with two attached hydrogens (primary N) is 1. The molecule has 2 N–H and O–H groups in total. The van der Waals surface area contributed by atoms with E-state index in [1.54, 1.807) is 0 Å². The number of carbonyl (C=O) groups excluding carboxylic acids is 1. The van der Waals surface area contributed by atoms with Gasteiger partial charge in [0.25, 0.3) is 0 Å². The van der Waals surface area contributed by atoms with Gasteiger partial charge in [0, 0.05) is 12.5 Å². The Kier molecular flexibility index (Phi) is 6.03. The summed E-state index contributed by atoms with van der Waals surface area (Å²) in [7, 11) is 0. The van der Waals surface area contributed by atoms with E-state index < -0.39 is 5.60 Å². The van der Waals surface area contributed by atoms with Crippen LogP contribution in [0.2, 0.25) is 0 Å². The van der Waals surface area contributed by atoms with Crippen LogP contribution < -0.4 is 5.73 Å². The van der Waals surface area contributed by atoms with Gasteiger partial charge in [-0.2, -0.15) is 0 Å². The molecule has 0 saturated carbocycles. The number of aryl methyl sites for hydroxylation is 1. The molecule has 1 rings (SSSR count). The summed E-state index contributed by atoms with van der Waals surface area (Å²) in [5.41, 5.74) is 6.90. The molecule has 0 radical (unpaired) electrons. The summed E-state index contributed by atoms with van der Waals surface area (Å²) in [6.45, 7) is 5.63. The lowest BCUT2D eigenvalue weighted by atomic mass is 10.0. The van der Waals surface area contributed by atoms with Crippen molar-refractivity contribution in [1.29, 1.82) is 0 Å². The summed E-state index contributed by atoms with van der Waals surface area (Å²) < 4.78 is 5.26. The van der Waals surface area contributed by atoms with Gasteiger partial charge in [0.2, 0.25) is 0 Å². The minimum atomic E-state index is -0.411. The van der Waals surface area contributed by atoms with Crippen molar-refractivity contribution in [3.05, 3.63) is 35.9 Å². The van der Waals surface area contributed by atoms with Gasteiger partial charge in [-0.05, 0) is 45.6 Å². The maximum absolute atomic E-state index is 11.6. The third-order valence-corrected chi connectivity index (χ3v) is 2.79. The Labute approximate surface area is 116 Å². The highest BCUT2D eigenvalue weighted by Gasteiger charge is 2.16. The zero-order valence-electron chi connectivity index (χ0n) is 12.2. The summed E-state index contributed by atoms with van der Waals surface area (Å²) >= 11 is 0. The van der Waals surface area contributed by atoms with Gasteiger partial charge in [0.1, 0.15) is 5.60 Å². The zero-order chi connectivity index (χ0) is 14.3. The fraction of sp³-hybridized carbons (Fsp3) is 0.562. The molecule has 0 aliphatic rings. The third kappa shape index (κ3) is 7.62. The van der Waals surface area contributed by atoms with Crippen molar-refractivity contribution in [2.45, 2.75) is 58.1 Å². The van der Waals surface area contributed by atoms with Gasteiger partial charge >= 0.3 is 5.97 Å². The largest absolute Gasteiger partial charge is 0.460 e. The molecular weight excluding hydrogens is 238 g/mol. The monoisotopic (exact) mass is 263 g/mol. The lowest BCUT2D eigenvalue weighted by Gasteiger charge is -2.20. The molecule has 0 aliphatic heterocycles. The molecule has 0 heterocycles.